The number of halogens is 2. The number of carbonyl (C=O) groups excluding carboxylic acids is 3. The predicted octanol–water partition coefficient (Wildman–Crippen LogP) is 4.49. The third-order valence-electron chi connectivity index (χ3n) is 4.92. The van der Waals surface area contributed by atoms with Crippen molar-refractivity contribution in [1.82, 2.24) is 9.78 Å². The quantitative estimate of drug-likeness (QED) is 0.471. The average Bonchev–Trinajstić information content (AvgIpc) is 3.10. The van der Waals surface area contributed by atoms with Crippen LogP contribution in [0.15, 0.2) is 41.0 Å². The standard InChI is InChI=1S/C9H16.C7H4BrFO.C6H8N4O2/c1-3-9-7-5-4-6-8(9)2;8-6-2-1-5(4-10)7(9)3-6;1-10-5(6(7)12)4(2-9-10)8-3-11/h4-5,8-9H,3,6-7H2,1-2H3;1-4H;2-3H,1H3,(H2,7,12)(H,8,11). The maximum absolute atomic E-state index is 12.6. The third-order valence-corrected chi connectivity index (χ3v) is 5.41. The maximum Gasteiger partial charge on any atom is 0.269 e. The normalized spacial score (nSPS) is 16.8. The van der Waals surface area contributed by atoms with Crippen molar-refractivity contribution in [3.05, 3.63) is 58.1 Å². The van der Waals surface area contributed by atoms with Crippen molar-refractivity contribution in [2.45, 2.75) is 33.1 Å². The SMILES string of the molecule is CCC1CC=CCC1C.Cn1ncc(NC=O)c1C(N)=O.O=Cc1ccc(Br)cc1F. The lowest BCUT2D eigenvalue weighted by Gasteiger charge is -2.23. The van der Waals surface area contributed by atoms with Crippen LogP contribution in [0.4, 0.5) is 10.1 Å². The van der Waals surface area contributed by atoms with E-state index in [0.717, 1.165) is 11.8 Å². The fourth-order valence-corrected chi connectivity index (χ4v) is 3.40. The summed E-state index contributed by atoms with van der Waals surface area (Å²) in [6, 6.07) is 4.29. The van der Waals surface area contributed by atoms with Gasteiger partial charge >= 0.3 is 0 Å². The molecule has 3 rings (SSSR count). The number of aldehydes is 1. The molecule has 2 atom stereocenters. The average molecular weight is 495 g/mol. The smallest absolute Gasteiger partial charge is 0.269 e. The summed E-state index contributed by atoms with van der Waals surface area (Å²) in [5.41, 5.74) is 5.62. The van der Waals surface area contributed by atoms with E-state index in [9.17, 15) is 18.8 Å². The molecule has 168 valence electrons. The molecular weight excluding hydrogens is 467 g/mol. The highest BCUT2D eigenvalue weighted by molar-refractivity contribution is 9.10. The fraction of sp³-hybridized carbons (Fsp3) is 0.364. The number of nitrogens with two attached hydrogens (primary N) is 1. The second kappa shape index (κ2) is 13.5. The zero-order chi connectivity index (χ0) is 23.4. The Labute approximate surface area is 190 Å². The highest BCUT2D eigenvalue weighted by Crippen LogP contribution is 2.26. The van der Waals surface area contributed by atoms with Gasteiger partial charge in [0.25, 0.3) is 5.91 Å². The van der Waals surface area contributed by atoms with Crippen LogP contribution < -0.4 is 11.1 Å². The van der Waals surface area contributed by atoms with Crippen molar-refractivity contribution in [2.75, 3.05) is 5.32 Å². The number of rotatable bonds is 5. The van der Waals surface area contributed by atoms with Crippen LogP contribution in [-0.2, 0) is 11.8 Å². The number of hydrogen-bond acceptors (Lipinski definition) is 4. The molecule has 0 fully saturated rings. The predicted molar refractivity (Wildman–Crippen MR) is 122 cm³/mol. The van der Waals surface area contributed by atoms with Crippen LogP contribution in [0.2, 0.25) is 0 Å². The van der Waals surface area contributed by atoms with Crippen molar-refractivity contribution in [3.63, 3.8) is 0 Å². The van der Waals surface area contributed by atoms with E-state index in [1.807, 2.05) is 0 Å². The number of aryl methyl sites for hydroxylation is 1. The van der Waals surface area contributed by atoms with E-state index in [1.54, 1.807) is 13.1 Å². The number of hydrogen-bond donors (Lipinski definition) is 2. The van der Waals surface area contributed by atoms with Crippen LogP contribution in [0.3, 0.4) is 0 Å². The van der Waals surface area contributed by atoms with Gasteiger partial charge in [0.05, 0.1) is 17.4 Å². The molecule has 31 heavy (non-hydrogen) atoms. The molecule has 2 unspecified atom stereocenters. The lowest BCUT2D eigenvalue weighted by molar-refractivity contribution is -0.105. The van der Waals surface area contributed by atoms with Crippen molar-refractivity contribution in [3.8, 4) is 0 Å². The molecule has 3 N–H and O–H groups in total. The number of benzene rings is 1. The molecule has 2 aromatic rings. The van der Waals surface area contributed by atoms with E-state index >= 15 is 0 Å². The van der Waals surface area contributed by atoms with E-state index in [1.165, 1.54) is 42.3 Å². The Hall–Kier alpha value is -2.81. The first-order valence-corrected chi connectivity index (χ1v) is 10.6. The Bertz CT molecular complexity index is 914. The second-order valence-corrected chi connectivity index (χ2v) is 7.94. The van der Waals surface area contributed by atoms with Gasteiger partial charge < -0.3 is 11.1 Å². The lowest BCUT2D eigenvalue weighted by atomic mass is 9.83. The molecule has 0 spiro atoms. The number of amides is 2. The number of nitrogens with zero attached hydrogens (tertiary/aromatic N) is 2. The van der Waals surface area contributed by atoms with Gasteiger partial charge in [-0.05, 0) is 42.9 Å². The molecule has 0 saturated carbocycles. The first-order chi connectivity index (χ1) is 14.7. The van der Waals surface area contributed by atoms with E-state index in [4.69, 9.17) is 5.73 Å². The van der Waals surface area contributed by atoms with Crippen LogP contribution in [0.25, 0.3) is 0 Å². The van der Waals surface area contributed by atoms with Crippen molar-refractivity contribution >= 4 is 40.2 Å². The second-order valence-electron chi connectivity index (χ2n) is 7.03. The lowest BCUT2D eigenvalue weighted by Crippen LogP contribution is -2.17. The highest BCUT2D eigenvalue weighted by Gasteiger charge is 2.15. The van der Waals surface area contributed by atoms with Crippen molar-refractivity contribution < 1.29 is 18.8 Å². The number of primary amides is 1. The zero-order valence-corrected chi connectivity index (χ0v) is 19.4. The summed E-state index contributed by atoms with van der Waals surface area (Å²) in [5, 5.41) is 6.06. The number of anilines is 1. The molecule has 1 aromatic heterocycles. The molecule has 0 radical (unpaired) electrons. The Balaban J connectivity index is 0.000000235. The fourth-order valence-electron chi connectivity index (χ4n) is 3.07. The summed E-state index contributed by atoms with van der Waals surface area (Å²) in [6.07, 6.45) is 10.9. The summed E-state index contributed by atoms with van der Waals surface area (Å²) in [5.74, 6) is 0.777. The molecular formula is C22H28BrFN4O3. The van der Waals surface area contributed by atoms with E-state index in [-0.39, 0.29) is 11.3 Å². The summed E-state index contributed by atoms with van der Waals surface area (Å²) in [4.78, 5) is 30.9. The first-order valence-electron chi connectivity index (χ1n) is 9.82. The number of allylic oxidation sites excluding steroid dienone is 2. The van der Waals surface area contributed by atoms with Gasteiger partial charge in [-0.1, -0.05) is 48.4 Å². The van der Waals surface area contributed by atoms with Gasteiger partial charge in [0.1, 0.15) is 11.5 Å². The Morgan fingerprint density at radius 2 is 2.03 bits per heavy atom. The first kappa shape index (κ1) is 26.2. The molecule has 1 aliphatic rings. The molecule has 9 heteroatoms. The van der Waals surface area contributed by atoms with Gasteiger partial charge in [0.15, 0.2) is 6.29 Å². The minimum Gasteiger partial charge on any atom is -0.364 e. The van der Waals surface area contributed by atoms with E-state index in [2.05, 4.69) is 52.3 Å². The van der Waals surface area contributed by atoms with E-state index in [0.29, 0.717) is 22.9 Å². The molecule has 2 amide bonds. The highest BCUT2D eigenvalue weighted by atomic mass is 79.9. The molecule has 1 aromatic carbocycles. The van der Waals surface area contributed by atoms with Crippen molar-refractivity contribution in [1.29, 1.82) is 0 Å². The number of nitrogens with one attached hydrogen (secondary N) is 1. The number of aromatic nitrogens is 2. The summed E-state index contributed by atoms with van der Waals surface area (Å²) in [7, 11) is 1.57. The van der Waals surface area contributed by atoms with Crippen LogP contribution in [0.5, 0.6) is 0 Å². The molecule has 7 nitrogen and oxygen atoms in total. The van der Waals surface area contributed by atoms with Crippen LogP contribution in [0.1, 0.15) is 54.0 Å². The van der Waals surface area contributed by atoms with Gasteiger partial charge in [-0.15, -0.1) is 0 Å². The van der Waals surface area contributed by atoms with Gasteiger partial charge in [-0.2, -0.15) is 5.10 Å². The van der Waals surface area contributed by atoms with Gasteiger partial charge in [0, 0.05) is 11.5 Å². The Kier molecular flexibility index (Phi) is 11.4. The topological polar surface area (TPSA) is 107 Å². The Morgan fingerprint density at radius 3 is 2.52 bits per heavy atom. The molecule has 1 heterocycles. The van der Waals surface area contributed by atoms with Gasteiger partial charge in [-0.3, -0.25) is 19.1 Å². The summed E-state index contributed by atoms with van der Waals surface area (Å²) >= 11 is 3.07. The zero-order valence-electron chi connectivity index (χ0n) is 17.8. The largest absolute Gasteiger partial charge is 0.364 e. The monoisotopic (exact) mass is 494 g/mol. The molecule has 0 aliphatic heterocycles. The van der Waals surface area contributed by atoms with Crippen LogP contribution >= 0.6 is 15.9 Å². The molecule has 0 bridgehead atoms. The Morgan fingerprint density at radius 1 is 1.35 bits per heavy atom. The minimum atomic E-state index is -0.626. The summed E-state index contributed by atoms with van der Waals surface area (Å²) in [6.45, 7) is 4.65. The maximum atomic E-state index is 12.6. The minimum absolute atomic E-state index is 0.0863. The van der Waals surface area contributed by atoms with Gasteiger partial charge in [-0.25, -0.2) is 4.39 Å². The van der Waals surface area contributed by atoms with Gasteiger partial charge in [0.2, 0.25) is 6.41 Å². The van der Waals surface area contributed by atoms with E-state index < -0.39 is 11.7 Å². The molecule has 0 saturated heterocycles. The molecule has 1 aliphatic carbocycles. The van der Waals surface area contributed by atoms with Crippen LogP contribution in [0, 0.1) is 17.7 Å². The third kappa shape index (κ3) is 8.45. The van der Waals surface area contributed by atoms with Crippen molar-refractivity contribution in [2.24, 2.45) is 24.6 Å². The van der Waals surface area contributed by atoms with Crippen LogP contribution in [-0.4, -0.2) is 28.4 Å². The summed E-state index contributed by atoms with van der Waals surface area (Å²) < 4.78 is 14.5. The number of carbonyl (C=O) groups is 3.